The van der Waals surface area contributed by atoms with E-state index in [1.807, 2.05) is 54.1 Å². The van der Waals surface area contributed by atoms with Gasteiger partial charge in [0.2, 0.25) is 0 Å². The molecule has 3 rings (SSSR count). The van der Waals surface area contributed by atoms with Crippen molar-refractivity contribution in [2.24, 2.45) is 13.0 Å². The van der Waals surface area contributed by atoms with Crippen LogP contribution in [0.25, 0.3) is 22.2 Å². The number of carbonyl (C=O) groups excluding carboxylic acids is 1. The standard InChI is InChI=1S/C25H29N3O3/c1-5-6-8-17(2)16-31-25(29)27-19-10-7-9-18(13-19)24-22(15-26)21-12-11-20(30-4)14-23(21)28(24)3/h7,9-14,17H,5-6,8,16H2,1-4H3,(H,27,29). The fourth-order valence-corrected chi connectivity index (χ4v) is 3.75. The molecule has 1 unspecified atom stereocenters. The lowest BCUT2D eigenvalue weighted by atomic mass is 10.1. The van der Waals surface area contributed by atoms with E-state index in [2.05, 4.69) is 25.2 Å². The number of aryl methyl sites for hydroxylation is 1. The molecule has 6 nitrogen and oxygen atoms in total. The SMILES string of the molecule is CCCCC(C)COC(=O)Nc1cccc(-c2c(C#N)c3ccc(OC)cc3n2C)c1. The highest BCUT2D eigenvalue weighted by molar-refractivity contribution is 5.96. The Morgan fingerprint density at radius 1 is 1.26 bits per heavy atom. The maximum absolute atomic E-state index is 12.2. The smallest absolute Gasteiger partial charge is 0.411 e. The molecule has 0 fully saturated rings. The number of unbranched alkanes of at least 4 members (excludes halogenated alkanes) is 1. The summed E-state index contributed by atoms with van der Waals surface area (Å²) in [6.45, 7) is 4.63. The lowest BCUT2D eigenvalue weighted by molar-refractivity contribution is 0.141. The number of hydrogen-bond donors (Lipinski definition) is 1. The van der Waals surface area contributed by atoms with Crippen molar-refractivity contribution >= 4 is 22.7 Å². The van der Waals surface area contributed by atoms with Gasteiger partial charge in [0.1, 0.15) is 11.8 Å². The van der Waals surface area contributed by atoms with Crippen LogP contribution >= 0.6 is 0 Å². The Hall–Kier alpha value is -3.46. The lowest BCUT2D eigenvalue weighted by Gasteiger charge is -2.13. The number of amides is 1. The zero-order valence-electron chi connectivity index (χ0n) is 18.6. The molecule has 2 aromatic carbocycles. The summed E-state index contributed by atoms with van der Waals surface area (Å²) < 4.78 is 12.7. The fraction of sp³-hybridized carbons (Fsp3) is 0.360. The normalized spacial score (nSPS) is 11.7. The van der Waals surface area contributed by atoms with Crippen LogP contribution in [-0.2, 0) is 11.8 Å². The first kappa shape index (κ1) is 22.2. The van der Waals surface area contributed by atoms with Crippen molar-refractivity contribution in [3.05, 3.63) is 48.0 Å². The minimum absolute atomic E-state index is 0.336. The van der Waals surface area contributed by atoms with Gasteiger partial charge in [0.25, 0.3) is 0 Å². The van der Waals surface area contributed by atoms with Gasteiger partial charge in [0, 0.05) is 29.8 Å². The van der Waals surface area contributed by atoms with Gasteiger partial charge in [-0.1, -0.05) is 38.8 Å². The molecule has 1 aromatic heterocycles. The molecule has 3 aromatic rings. The fourth-order valence-electron chi connectivity index (χ4n) is 3.75. The van der Waals surface area contributed by atoms with Crippen molar-refractivity contribution in [3.8, 4) is 23.1 Å². The molecule has 1 heterocycles. The van der Waals surface area contributed by atoms with Gasteiger partial charge in [0.15, 0.2) is 0 Å². The third-order valence-corrected chi connectivity index (χ3v) is 5.45. The predicted molar refractivity (Wildman–Crippen MR) is 123 cm³/mol. The average molecular weight is 420 g/mol. The number of fused-ring (bicyclic) bond motifs is 1. The number of ether oxygens (including phenoxy) is 2. The number of nitrogens with one attached hydrogen (secondary N) is 1. The molecular formula is C25H29N3O3. The van der Waals surface area contributed by atoms with Crippen LogP contribution in [-0.4, -0.2) is 24.4 Å². The van der Waals surface area contributed by atoms with Gasteiger partial charge < -0.3 is 14.0 Å². The largest absolute Gasteiger partial charge is 0.497 e. The molecule has 31 heavy (non-hydrogen) atoms. The number of carbonyl (C=O) groups is 1. The lowest BCUT2D eigenvalue weighted by Crippen LogP contribution is -2.17. The highest BCUT2D eigenvalue weighted by Crippen LogP contribution is 2.35. The number of rotatable bonds is 8. The Labute approximate surface area is 183 Å². The molecule has 0 saturated carbocycles. The maximum Gasteiger partial charge on any atom is 0.411 e. The summed E-state index contributed by atoms with van der Waals surface area (Å²) in [5.41, 5.74) is 3.74. The first-order valence-corrected chi connectivity index (χ1v) is 10.6. The summed E-state index contributed by atoms with van der Waals surface area (Å²) in [6.07, 6.45) is 2.84. The van der Waals surface area contributed by atoms with Gasteiger partial charge >= 0.3 is 6.09 Å². The Morgan fingerprint density at radius 2 is 2.06 bits per heavy atom. The van der Waals surface area contributed by atoms with Gasteiger partial charge in [-0.25, -0.2) is 4.79 Å². The third kappa shape index (κ3) is 5.00. The summed E-state index contributed by atoms with van der Waals surface area (Å²) in [4.78, 5) is 12.2. The van der Waals surface area contributed by atoms with Gasteiger partial charge in [-0.05, 0) is 36.6 Å². The third-order valence-electron chi connectivity index (χ3n) is 5.45. The molecular weight excluding hydrogens is 390 g/mol. The monoisotopic (exact) mass is 419 g/mol. The van der Waals surface area contributed by atoms with Crippen LogP contribution in [0.4, 0.5) is 10.5 Å². The first-order chi connectivity index (χ1) is 15.0. The minimum atomic E-state index is -0.470. The van der Waals surface area contributed by atoms with E-state index in [0.717, 1.165) is 47.2 Å². The molecule has 0 aliphatic rings. The number of hydrogen-bond acceptors (Lipinski definition) is 4. The molecule has 0 saturated heterocycles. The van der Waals surface area contributed by atoms with E-state index in [1.54, 1.807) is 7.11 Å². The number of benzene rings is 2. The highest BCUT2D eigenvalue weighted by Gasteiger charge is 2.18. The van der Waals surface area contributed by atoms with E-state index in [9.17, 15) is 10.1 Å². The number of methoxy groups -OCH3 is 1. The minimum Gasteiger partial charge on any atom is -0.497 e. The summed E-state index contributed by atoms with van der Waals surface area (Å²) >= 11 is 0. The van der Waals surface area contributed by atoms with Crippen molar-refractivity contribution in [3.63, 3.8) is 0 Å². The van der Waals surface area contributed by atoms with Gasteiger partial charge in [0.05, 0.1) is 30.5 Å². The molecule has 0 radical (unpaired) electrons. The highest BCUT2D eigenvalue weighted by atomic mass is 16.5. The van der Waals surface area contributed by atoms with E-state index >= 15 is 0 Å². The Balaban J connectivity index is 1.83. The second-order valence-corrected chi connectivity index (χ2v) is 7.83. The van der Waals surface area contributed by atoms with Crippen LogP contribution in [0, 0.1) is 17.2 Å². The zero-order chi connectivity index (χ0) is 22.4. The van der Waals surface area contributed by atoms with Crippen LogP contribution < -0.4 is 10.1 Å². The maximum atomic E-state index is 12.2. The van der Waals surface area contributed by atoms with Crippen molar-refractivity contribution in [2.75, 3.05) is 19.0 Å². The van der Waals surface area contributed by atoms with E-state index in [0.29, 0.717) is 23.8 Å². The van der Waals surface area contributed by atoms with Gasteiger partial charge in [-0.2, -0.15) is 5.26 Å². The zero-order valence-corrected chi connectivity index (χ0v) is 18.6. The van der Waals surface area contributed by atoms with E-state index in [1.165, 1.54) is 0 Å². The summed E-state index contributed by atoms with van der Waals surface area (Å²) in [7, 11) is 3.54. The molecule has 1 atom stereocenters. The van der Waals surface area contributed by atoms with E-state index in [4.69, 9.17) is 9.47 Å². The topological polar surface area (TPSA) is 76.3 Å². The van der Waals surface area contributed by atoms with Gasteiger partial charge in [-0.15, -0.1) is 0 Å². The van der Waals surface area contributed by atoms with Crippen molar-refractivity contribution in [1.82, 2.24) is 4.57 Å². The summed E-state index contributed by atoms with van der Waals surface area (Å²) in [5.74, 6) is 1.07. The quantitative estimate of drug-likeness (QED) is 0.478. The Bertz CT molecular complexity index is 1110. The molecule has 0 aliphatic heterocycles. The Morgan fingerprint density at radius 3 is 2.77 bits per heavy atom. The van der Waals surface area contributed by atoms with Gasteiger partial charge in [-0.3, -0.25) is 5.32 Å². The van der Waals surface area contributed by atoms with Crippen molar-refractivity contribution in [1.29, 1.82) is 5.26 Å². The van der Waals surface area contributed by atoms with E-state index < -0.39 is 6.09 Å². The van der Waals surface area contributed by atoms with Crippen LogP contribution in [0.15, 0.2) is 42.5 Å². The van der Waals surface area contributed by atoms with Crippen LogP contribution in [0.1, 0.15) is 38.7 Å². The summed E-state index contributed by atoms with van der Waals surface area (Å²) in [6, 6.07) is 15.4. The molecule has 0 aliphatic carbocycles. The molecule has 0 bridgehead atoms. The summed E-state index contributed by atoms with van der Waals surface area (Å²) in [5, 5.41) is 13.5. The van der Waals surface area contributed by atoms with Crippen LogP contribution in [0.2, 0.25) is 0 Å². The molecule has 162 valence electrons. The van der Waals surface area contributed by atoms with Crippen molar-refractivity contribution < 1.29 is 14.3 Å². The number of nitriles is 1. The molecule has 1 N–H and O–H groups in total. The number of nitrogens with zero attached hydrogens (tertiary/aromatic N) is 2. The van der Waals surface area contributed by atoms with Crippen LogP contribution in [0.3, 0.4) is 0 Å². The second-order valence-electron chi connectivity index (χ2n) is 7.83. The predicted octanol–water partition coefficient (Wildman–Crippen LogP) is 6.10. The number of aromatic nitrogens is 1. The Kier molecular flexibility index (Phi) is 7.19. The molecule has 1 amide bonds. The van der Waals surface area contributed by atoms with Crippen LogP contribution in [0.5, 0.6) is 5.75 Å². The van der Waals surface area contributed by atoms with E-state index in [-0.39, 0.29) is 0 Å². The second kappa shape index (κ2) is 10.0. The molecule has 0 spiro atoms. The first-order valence-electron chi connectivity index (χ1n) is 10.6. The molecule has 6 heteroatoms. The average Bonchev–Trinajstić information content (AvgIpc) is 3.07. The van der Waals surface area contributed by atoms with Crippen molar-refractivity contribution in [2.45, 2.75) is 33.1 Å². The number of anilines is 1.